The maximum absolute atomic E-state index is 13.2. The molecule has 0 radical (unpaired) electrons. The normalized spacial score (nSPS) is 16.1. The molecular formula is C21H26N6O6S2. The van der Waals surface area contributed by atoms with E-state index < -0.39 is 28.0 Å². The van der Waals surface area contributed by atoms with E-state index in [4.69, 9.17) is 9.88 Å². The highest BCUT2D eigenvalue weighted by molar-refractivity contribution is 7.91. The second-order valence-electron chi connectivity index (χ2n) is 8.76. The molecule has 14 heteroatoms. The summed E-state index contributed by atoms with van der Waals surface area (Å²) in [6.07, 6.45) is 2.53. The predicted molar refractivity (Wildman–Crippen MR) is 126 cm³/mol. The smallest absolute Gasteiger partial charge is 0.306 e. The molecule has 188 valence electrons. The lowest BCUT2D eigenvalue weighted by molar-refractivity contribution is -0.147. The molecule has 0 spiro atoms. The summed E-state index contributed by atoms with van der Waals surface area (Å²) in [5.41, 5.74) is 1.02. The number of fused-ring (bicyclic) bond motifs is 1. The zero-order chi connectivity index (χ0) is 25.3. The van der Waals surface area contributed by atoms with Crippen LogP contribution < -0.4 is 9.88 Å². The molecule has 12 nitrogen and oxygen atoms in total. The molecule has 2 aromatic heterocycles. The third-order valence-corrected chi connectivity index (χ3v) is 8.19. The number of hydrogen-bond donors (Lipinski definition) is 2. The molecule has 1 amide bonds. The lowest BCUT2D eigenvalue weighted by atomic mass is 9.95. The van der Waals surface area contributed by atoms with Crippen LogP contribution in [0.15, 0.2) is 28.7 Å². The van der Waals surface area contributed by atoms with Crippen molar-refractivity contribution in [1.82, 2.24) is 24.9 Å². The van der Waals surface area contributed by atoms with Crippen molar-refractivity contribution in [2.24, 2.45) is 17.0 Å². The lowest BCUT2D eigenvalue weighted by Crippen LogP contribution is -2.45. The number of aromatic nitrogens is 4. The first-order chi connectivity index (χ1) is 16.5. The molecule has 0 aliphatic carbocycles. The number of carbonyl (C=O) groups is 2. The number of nitrogens with zero attached hydrogens (tertiary/aromatic N) is 5. The Morgan fingerprint density at radius 3 is 2.63 bits per heavy atom. The minimum atomic E-state index is -3.88. The van der Waals surface area contributed by atoms with Crippen molar-refractivity contribution in [3.05, 3.63) is 30.1 Å². The molecule has 1 aromatic carbocycles. The van der Waals surface area contributed by atoms with Crippen LogP contribution in [0.25, 0.3) is 10.2 Å². The number of nitrogens with two attached hydrogens (primary N) is 1. The first-order valence-corrected chi connectivity index (χ1v) is 13.4. The van der Waals surface area contributed by atoms with Crippen LogP contribution in [0.5, 0.6) is 5.75 Å². The fourth-order valence-corrected chi connectivity index (χ4v) is 5.69. The van der Waals surface area contributed by atoms with E-state index in [0.717, 1.165) is 11.3 Å². The van der Waals surface area contributed by atoms with E-state index in [0.29, 0.717) is 47.6 Å². The van der Waals surface area contributed by atoms with E-state index in [1.54, 1.807) is 29.3 Å². The average molecular weight is 523 g/mol. The van der Waals surface area contributed by atoms with Crippen molar-refractivity contribution in [3.63, 3.8) is 0 Å². The van der Waals surface area contributed by atoms with Crippen molar-refractivity contribution in [1.29, 1.82) is 0 Å². The van der Waals surface area contributed by atoms with Gasteiger partial charge >= 0.3 is 5.97 Å². The van der Waals surface area contributed by atoms with Gasteiger partial charge in [0.25, 0.3) is 10.0 Å². The second-order valence-corrected chi connectivity index (χ2v) is 11.5. The second kappa shape index (κ2) is 9.87. The molecule has 1 fully saturated rings. The number of ether oxygens (including phenoxy) is 1. The molecule has 1 aliphatic heterocycles. The fraction of sp³-hybridized carbons (Fsp3) is 0.476. The van der Waals surface area contributed by atoms with E-state index in [1.807, 2.05) is 13.8 Å². The topological polar surface area (TPSA) is 171 Å². The van der Waals surface area contributed by atoms with Gasteiger partial charge in [-0.1, -0.05) is 19.1 Å². The zero-order valence-corrected chi connectivity index (χ0v) is 20.8. The van der Waals surface area contributed by atoms with Gasteiger partial charge in [-0.05, 0) is 37.0 Å². The molecule has 0 unspecified atom stereocenters. The van der Waals surface area contributed by atoms with Crippen molar-refractivity contribution in [3.8, 4) is 5.75 Å². The summed E-state index contributed by atoms with van der Waals surface area (Å²) in [7, 11) is -3.88. The summed E-state index contributed by atoms with van der Waals surface area (Å²) in [4.78, 5) is 30.1. The van der Waals surface area contributed by atoms with Gasteiger partial charge in [-0.15, -0.1) is 16.4 Å². The SMILES string of the molecule is CC(C)[C@@H](C(=O)N1CCC(C(=O)O)CC1)n1cc(COc2ccc3nc(S(N)(=O)=O)sc3c2)nn1. The summed E-state index contributed by atoms with van der Waals surface area (Å²) in [5.74, 6) is -0.909. The van der Waals surface area contributed by atoms with Gasteiger partial charge in [0.2, 0.25) is 10.2 Å². The third-order valence-electron chi connectivity index (χ3n) is 5.85. The van der Waals surface area contributed by atoms with Crippen molar-refractivity contribution in [2.75, 3.05) is 13.1 Å². The summed E-state index contributed by atoms with van der Waals surface area (Å²) in [6.45, 7) is 4.73. The number of carboxylic acid groups (broad SMARTS) is 1. The number of likely N-dealkylation sites (tertiary alicyclic amines) is 1. The van der Waals surface area contributed by atoms with Gasteiger partial charge in [0, 0.05) is 13.1 Å². The number of amides is 1. The van der Waals surface area contributed by atoms with Crippen LogP contribution >= 0.6 is 11.3 Å². The molecule has 3 heterocycles. The van der Waals surface area contributed by atoms with Gasteiger partial charge in [0.05, 0.1) is 22.3 Å². The number of rotatable bonds is 8. The highest BCUT2D eigenvalue weighted by Gasteiger charge is 2.33. The Hall–Kier alpha value is -3.10. The van der Waals surface area contributed by atoms with Gasteiger partial charge in [-0.3, -0.25) is 9.59 Å². The van der Waals surface area contributed by atoms with Crippen LogP contribution in [-0.2, 0) is 26.2 Å². The molecule has 1 saturated heterocycles. The van der Waals surface area contributed by atoms with Crippen molar-refractivity contribution < 1.29 is 27.9 Å². The van der Waals surface area contributed by atoms with E-state index >= 15 is 0 Å². The minimum absolute atomic E-state index is 0.0584. The summed E-state index contributed by atoms with van der Waals surface area (Å²) >= 11 is 0.959. The molecule has 1 aliphatic rings. The van der Waals surface area contributed by atoms with Crippen LogP contribution in [0, 0.1) is 11.8 Å². The number of benzene rings is 1. The number of sulfonamides is 1. The number of carbonyl (C=O) groups excluding carboxylic acids is 1. The van der Waals surface area contributed by atoms with Gasteiger partial charge in [0.15, 0.2) is 0 Å². The first-order valence-electron chi connectivity index (χ1n) is 11.0. The predicted octanol–water partition coefficient (Wildman–Crippen LogP) is 1.63. The standard InChI is InChI=1S/C21H26N6O6S2/c1-12(2)18(19(28)26-7-5-13(6-8-26)20(29)30)27-10-14(24-25-27)11-33-15-3-4-16-17(9-15)34-21(23-16)35(22,31)32/h3-4,9-10,12-13,18H,5-8,11H2,1-2H3,(H,29,30)(H2,22,31,32)/t18-/m0/s1. The van der Waals surface area contributed by atoms with E-state index in [2.05, 4.69) is 15.3 Å². The highest BCUT2D eigenvalue weighted by atomic mass is 32.2. The van der Waals surface area contributed by atoms with Crippen molar-refractivity contribution >= 4 is 43.5 Å². The van der Waals surface area contributed by atoms with Gasteiger partial charge in [-0.25, -0.2) is 23.2 Å². The number of thiazole rings is 1. The molecule has 35 heavy (non-hydrogen) atoms. The van der Waals surface area contributed by atoms with E-state index in [-0.39, 0.29) is 22.8 Å². The fourth-order valence-electron chi connectivity index (χ4n) is 4.01. The lowest BCUT2D eigenvalue weighted by Gasteiger charge is -2.33. The van der Waals surface area contributed by atoms with E-state index in [1.165, 1.54) is 4.68 Å². The molecular weight excluding hydrogens is 496 g/mol. The Morgan fingerprint density at radius 2 is 2.00 bits per heavy atom. The molecule has 4 rings (SSSR count). The maximum Gasteiger partial charge on any atom is 0.306 e. The highest BCUT2D eigenvalue weighted by Crippen LogP contribution is 2.29. The molecule has 3 N–H and O–H groups in total. The summed E-state index contributed by atoms with van der Waals surface area (Å²) in [5, 5.41) is 22.6. The average Bonchev–Trinajstić information content (AvgIpc) is 3.44. The Balaban J connectivity index is 1.42. The van der Waals surface area contributed by atoms with Crippen LogP contribution in [0.3, 0.4) is 0 Å². The number of carboxylic acids is 1. The summed E-state index contributed by atoms with van der Waals surface area (Å²) < 4.78 is 30.8. The number of aliphatic carboxylic acids is 1. The third kappa shape index (κ3) is 5.60. The molecule has 0 bridgehead atoms. The Morgan fingerprint density at radius 1 is 1.29 bits per heavy atom. The first kappa shape index (κ1) is 25.0. The largest absolute Gasteiger partial charge is 0.487 e. The van der Waals surface area contributed by atoms with Gasteiger partial charge < -0.3 is 14.7 Å². The number of primary sulfonamides is 1. The van der Waals surface area contributed by atoms with Gasteiger partial charge in [-0.2, -0.15) is 0 Å². The van der Waals surface area contributed by atoms with Crippen LogP contribution in [-0.4, -0.2) is 63.4 Å². The maximum atomic E-state index is 13.2. The quantitative estimate of drug-likeness (QED) is 0.446. The summed E-state index contributed by atoms with van der Waals surface area (Å²) in [6, 6.07) is 4.42. The number of piperidine rings is 1. The van der Waals surface area contributed by atoms with E-state index in [9.17, 15) is 23.1 Å². The van der Waals surface area contributed by atoms with Crippen molar-refractivity contribution in [2.45, 2.75) is 43.7 Å². The Labute approximate surface area is 205 Å². The Kier molecular flexibility index (Phi) is 7.05. The molecule has 3 aromatic rings. The van der Waals surface area contributed by atoms with Crippen LogP contribution in [0.2, 0.25) is 0 Å². The molecule has 1 atom stereocenters. The minimum Gasteiger partial charge on any atom is -0.487 e. The number of hydrogen-bond acceptors (Lipinski definition) is 9. The Bertz CT molecular complexity index is 1340. The molecule has 0 saturated carbocycles. The van der Waals surface area contributed by atoms with Crippen LogP contribution in [0.4, 0.5) is 0 Å². The monoisotopic (exact) mass is 522 g/mol. The van der Waals surface area contributed by atoms with Gasteiger partial charge in [0.1, 0.15) is 24.1 Å². The zero-order valence-electron chi connectivity index (χ0n) is 19.2. The van der Waals surface area contributed by atoms with Crippen LogP contribution in [0.1, 0.15) is 38.4 Å².